The van der Waals surface area contributed by atoms with Crippen LogP contribution in [0, 0.1) is 0 Å². The van der Waals surface area contributed by atoms with E-state index in [1.165, 1.54) is 19.1 Å². The van der Waals surface area contributed by atoms with Crippen molar-refractivity contribution in [2.45, 2.75) is 12.3 Å². The molecule has 1 rings (SSSR count). The highest BCUT2D eigenvalue weighted by atomic mass is 79.9. The van der Waals surface area contributed by atoms with E-state index in [2.05, 4.69) is 15.9 Å². The van der Waals surface area contributed by atoms with Crippen LogP contribution in [-0.4, -0.2) is 12.8 Å². The smallest absolute Gasteiger partial charge is 0.160 e. The standard InChI is InChI=1S/C10H11BrO2/c1-7(12)10-5-9(13-2)4-3-8(10)6-11/h3-5H,6H2,1-2H3/i2D3. The summed E-state index contributed by atoms with van der Waals surface area (Å²) in [6.45, 7) is 1.43. The summed E-state index contributed by atoms with van der Waals surface area (Å²) >= 11 is 3.26. The van der Waals surface area contributed by atoms with E-state index in [1.807, 2.05) is 0 Å². The van der Waals surface area contributed by atoms with Crippen LogP contribution in [0.4, 0.5) is 0 Å². The van der Waals surface area contributed by atoms with E-state index in [0.717, 1.165) is 5.56 Å². The number of ketones is 1. The number of halogens is 1. The van der Waals surface area contributed by atoms with E-state index in [1.54, 1.807) is 6.07 Å². The van der Waals surface area contributed by atoms with Crippen LogP contribution < -0.4 is 4.74 Å². The van der Waals surface area contributed by atoms with Crippen LogP contribution in [0.15, 0.2) is 18.2 Å². The summed E-state index contributed by atoms with van der Waals surface area (Å²) in [6.07, 6.45) is 0. The maximum Gasteiger partial charge on any atom is 0.160 e. The van der Waals surface area contributed by atoms with Crippen LogP contribution in [0.5, 0.6) is 5.75 Å². The van der Waals surface area contributed by atoms with Crippen molar-refractivity contribution in [1.82, 2.24) is 0 Å². The fourth-order valence-electron chi connectivity index (χ4n) is 1.06. The number of ether oxygens (including phenoxy) is 1. The van der Waals surface area contributed by atoms with E-state index in [4.69, 9.17) is 8.85 Å². The number of hydrogen-bond acceptors (Lipinski definition) is 2. The van der Waals surface area contributed by atoms with Crippen LogP contribution in [0.1, 0.15) is 27.0 Å². The number of Topliss-reactive ketones (excluding diaryl/α,β-unsaturated/α-hetero) is 1. The molecule has 1 aromatic carbocycles. The van der Waals surface area contributed by atoms with Crippen LogP contribution in [-0.2, 0) is 5.33 Å². The lowest BCUT2D eigenvalue weighted by Gasteiger charge is -2.06. The average Bonchev–Trinajstić information content (AvgIpc) is 2.15. The SMILES string of the molecule is [2H]C([2H])([2H])Oc1ccc(CBr)c(C(C)=O)c1. The second-order valence-electron chi connectivity index (χ2n) is 2.61. The number of benzene rings is 1. The van der Waals surface area contributed by atoms with E-state index < -0.39 is 7.04 Å². The molecule has 3 heteroatoms. The molecule has 0 aliphatic heterocycles. The first-order chi connectivity index (χ1) is 7.33. The Bertz CT molecular complexity index is 402. The monoisotopic (exact) mass is 245 g/mol. The zero-order chi connectivity index (χ0) is 12.3. The summed E-state index contributed by atoms with van der Waals surface area (Å²) in [5.41, 5.74) is 1.28. The van der Waals surface area contributed by atoms with Gasteiger partial charge >= 0.3 is 0 Å². The maximum atomic E-state index is 11.3. The first kappa shape index (κ1) is 6.60. The molecule has 0 aliphatic rings. The third kappa shape index (κ3) is 2.31. The van der Waals surface area contributed by atoms with Gasteiger partial charge in [0.15, 0.2) is 5.78 Å². The minimum Gasteiger partial charge on any atom is -0.497 e. The minimum absolute atomic E-state index is 0.120. The molecule has 13 heavy (non-hydrogen) atoms. The van der Waals surface area contributed by atoms with Crippen LogP contribution >= 0.6 is 15.9 Å². The zero-order valence-electron chi connectivity index (χ0n) is 10.1. The lowest BCUT2D eigenvalue weighted by atomic mass is 10.1. The van der Waals surface area contributed by atoms with Gasteiger partial charge in [-0.1, -0.05) is 22.0 Å². The molecule has 1 aromatic rings. The van der Waals surface area contributed by atoms with Gasteiger partial charge < -0.3 is 4.74 Å². The number of rotatable bonds is 3. The van der Waals surface area contributed by atoms with Crippen LogP contribution in [0.25, 0.3) is 0 Å². The maximum absolute atomic E-state index is 11.3. The van der Waals surface area contributed by atoms with Gasteiger partial charge in [0.1, 0.15) is 5.75 Å². The molecule has 70 valence electrons. The van der Waals surface area contributed by atoms with Gasteiger partial charge in [0.25, 0.3) is 0 Å². The summed E-state index contributed by atoms with van der Waals surface area (Å²) in [6, 6.07) is 4.66. The van der Waals surface area contributed by atoms with Crippen molar-refractivity contribution >= 4 is 21.7 Å². The number of alkyl halides is 1. The predicted octanol–water partition coefficient (Wildman–Crippen LogP) is 2.79. The van der Waals surface area contributed by atoms with Gasteiger partial charge in [-0.05, 0) is 24.6 Å². The van der Waals surface area contributed by atoms with Gasteiger partial charge in [0.2, 0.25) is 0 Å². The van der Waals surface area contributed by atoms with Crippen molar-refractivity contribution in [1.29, 1.82) is 0 Å². The highest BCUT2D eigenvalue weighted by Crippen LogP contribution is 2.20. The Morgan fingerprint density at radius 3 is 3.00 bits per heavy atom. The van der Waals surface area contributed by atoms with Gasteiger partial charge in [-0.15, -0.1) is 0 Å². The second-order valence-corrected chi connectivity index (χ2v) is 3.17. The largest absolute Gasteiger partial charge is 0.497 e. The highest BCUT2D eigenvalue weighted by Gasteiger charge is 2.07. The summed E-state index contributed by atoms with van der Waals surface area (Å²) in [5.74, 6) is 0.0559. The summed E-state index contributed by atoms with van der Waals surface area (Å²) < 4.78 is 25.6. The first-order valence-electron chi connectivity index (χ1n) is 5.22. The van der Waals surface area contributed by atoms with E-state index >= 15 is 0 Å². The van der Waals surface area contributed by atoms with Crippen LogP contribution in [0.3, 0.4) is 0 Å². The normalized spacial score (nSPS) is 14.2. The molecule has 0 saturated carbocycles. The average molecular weight is 246 g/mol. The van der Waals surface area contributed by atoms with E-state index in [0.29, 0.717) is 10.9 Å². The number of methoxy groups -OCH3 is 1. The van der Waals surface area contributed by atoms with Crippen molar-refractivity contribution in [2.75, 3.05) is 7.04 Å². The van der Waals surface area contributed by atoms with E-state index in [9.17, 15) is 4.79 Å². The molecule has 0 spiro atoms. The zero-order valence-corrected chi connectivity index (χ0v) is 8.72. The van der Waals surface area contributed by atoms with Crippen molar-refractivity contribution in [2.24, 2.45) is 0 Å². The molecule has 0 aromatic heterocycles. The fraction of sp³-hybridized carbons (Fsp3) is 0.300. The van der Waals surface area contributed by atoms with Crippen molar-refractivity contribution in [3.05, 3.63) is 29.3 Å². The van der Waals surface area contributed by atoms with Crippen molar-refractivity contribution in [3.8, 4) is 5.75 Å². The van der Waals surface area contributed by atoms with Crippen molar-refractivity contribution < 1.29 is 13.6 Å². The third-order valence-corrected chi connectivity index (χ3v) is 2.33. The first-order valence-corrected chi connectivity index (χ1v) is 4.84. The molecule has 0 unspecified atom stereocenters. The Hall–Kier alpha value is -0.830. The molecular formula is C10H11BrO2. The molecule has 0 heterocycles. The minimum atomic E-state index is -2.50. The number of hydrogen-bond donors (Lipinski definition) is 0. The summed E-state index contributed by atoms with van der Waals surface area (Å²) in [7, 11) is -2.50. The summed E-state index contributed by atoms with van der Waals surface area (Å²) in [4.78, 5) is 11.3. The molecule has 0 atom stereocenters. The Morgan fingerprint density at radius 2 is 2.46 bits per heavy atom. The number of carbonyl (C=O) groups is 1. The topological polar surface area (TPSA) is 26.3 Å². The lowest BCUT2D eigenvalue weighted by Crippen LogP contribution is -1.98. The fourth-order valence-corrected chi connectivity index (χ4v) is 1.55. The second kappa shape index (κ2) is 4.42. The van der Waals surface area contributed by atoms with Gasteiger partial charge in [-0.25, -0.2) is 0 Å². The third-order valence-electron chi connectivity index (χ3n) is 1.72. The molecule has 0 bridgehead atoms. The van der Waals surface area contributed by atoms with E-state index in [-0.39, 0.29) is 11.5 Å². The molecule has 0 fully saturated rings. The quantitative estimate of drug-likeness (QED) is 0.605. The molecule has 2 nitrogen and oxygen atoms in total. The Balaban J connectivity index is 3.07. The van der Waals surface area contributed by atoms with Gasteiger partial charge in [-0.3, -0.25) is 4.79 Å². The molecule has 0 radical (unpaired) electrons. The lowest BCUT2D eigenvalue weighted by molar-refractivity contribution is 0.101. The van der Waals surface area contributed by atoms with Gasteiger partial charge in [-0.2, -0.15) is 0 Å². The Morgan fingerprint density at radius 1 is 1.69 bits per heavy atom. The molecule has 0 saturated heterocycles. The van der Waals surface area contributed by atoms with Gasteiger partial charge in [0, 0.05) is 10.9 Å². The van der Waals surface area contributed by atoms with Crippen LogP contribution in [0.2, 0.25) is 0 Å². The predicted molar refractivity (Wildman–Crippen MR) is 55.6 cm³/mol. The van der Waals surface area contributed by atoms with Gasteiger partial charge in [0.05, 0.1) is 11.2 Å². The molecule has 0 N–H and O–H groups in total. The highest BCUT2D eigenvalue weighted by molar-refractivity contribution is 9.08. The Kier molecular flexibility index (Phi) is 2.24. The summed E-state index contributed by atoms with van der Waals surface area (Å²) in [5, 5.41) is 0.538. The van der Waals surface area contributed by atoms with Crippen molar-refractivity contribution in [3.63, 3.8) is 0 Å². The molecule has 0 aliphatic carbocycles. The molecular weight excluding hydrogens is 232 g/mol. The molecule has 0 amide bonds. The number of carbonyl (C=O) groups excluding carboxylic acids is 1. The Labute approximate surface area is 90.2 Å².